The van der Waals surface area contributed by atoms with E-state index in [2.05, 4.69) is 15.6 Å². The number of carbonyl (C=O) groups excluding carboxylic acids is 3. The lowest BCUT2D eigenvalue weighted by Gasteiger charge is -2.09. The Hall–Kier alpha value is -3.80. The lowest BCUT2D eigenvalue weighted by atomic mass is 10.1. The topological polar surface area (TPSA) is 88.2 Å². The average molecular weight is 387 g/mol. The molecule has 2 aromatic carbocycles. The van der Waals surface area contributed by atoms with Crippen LogP contribution in [0.5, 0.6) is 0 Å². The van der Waals surface area contributed by atoms with Gasteiger partial charge in [-0.05, 0) is 80.4 Å². The van der Waals surface area contributed by atoms with Crippen molar-refractivity contribution in [3.05, 3.63) is 88.7 Å². The number of hydrogen-bond donors (Lipinski definition) is 2. The number of aryl methyl sites for hydroxylation is 2. The quantitative estimate of drug-likeness (QED) is 0.635. The fourth-order valence-electron chi connectivity index (χ4n) is 2.70. The van der Waals surface area contributed by atoms with Gasteiger partial charge in [0.25, 0.3) is 11.8 Å². The van der Waals surface area contributed by atoms with Crippen LogP contribution < -0.4 is 10.6 Å². The summed E-state index contributed by atoms with van der Waals surface area (Å²) in [7, 11) is 0. The van der Waals surface area contributed by atoms with Gasteiger partial charge < -0.3 is 10.6 Å². The fraction of sp³-hybridized carbons (Fsp3) is 0.130. The van der Waals surface area contributed by atoms with Crippen molar-refractivity contribution in [1.82, 2.24) is 4.98 Å². The molecule has 0 aliphatic heterocycles. The molecule has 1 aromatic heterocycles. The maximum Gasteiger partial charge on any atom is 0.274 e. The first-order valence-corrected chi connectivity index (χ1v) is 9.10. The van der Waals surface area contributed by atoms with Gasteiger partial charge in [-0.2, -0.15) is 0 Å². The van der Waals surface area contributed by atoms with E-state index in [1.54, 1.807) is 24.3 Å². The van der Waals surface area contributed by atoms with E-state index in [1.807, 2.05) is 32.0 Å². The molecule has 0 unspecified atom stereocenters. The van der Waals surface area contributed by atoms with Crippen molar-refractivity contribution in [2.24, 2.45) is 0 Å². The molecule has 6 nitrogen and oxygen atoms in total. The molecule has 1 heterocycles. The maximum absolute atomic E-state index is 12.5. The number of nitrogens with one attached hydrogen (secondary N) is 2. The van der Waals surface area contributed by atoms with Crippen molar-refractivity contribution in [3.8, 4) is 0 Å². The summed E-state index contributed by atoms with van der Waals surface area (Å²) in [4.78, 5) is 40.4. The number of Topliss-reactive ketones (excluding diaryl/α,β-unsaturated/α-hetero) is 1. The van der Waals surface area contributed by atoms with Gasteiger partial charge in [-0.3, -0.25) is 19.4 Å². The summed E-state index contributed by atoms with van der Waals surface area (Å²) in [6.07, 6.45) is 1.42. The van der Waals surface area contributed by atoms with Gasteiger partial charge in [-0.1, -0.05) is 6.07 Å². The summed E-state index contributed by atoms with van der Waals surface area (Å²) >= 11 is 0. The van der Waals surface area contributed by atoms with Crippen LogP contribution >= 0.6 is 0 Å². The molecule has 3 rings (SSSR count). The highest BCUT2D eigenvalue weighted by Gasteiger charge is 2.13. The second-order valence-corrected chi connectivity index (χ2v) is 6.77. The van der Waals surface area contributed by atoms with Crippen LogP contribution in [0.2, 0.25) is 0 Å². The second-order valence-electron chi connectivity index (χ2n) is 6.77. The van der Waals surface area contributed by atoms with Crippen LogP contribution in [0.4, 0.5) is 11.4 Å². The fourth-order valence-corrected chi connectivity index (χ4v) is 2.70. The van der Waals surface area contributed by atoms with Crippen molar-refractivity contribution < 1.29 is 14.4 Å². The number of hydrogen-bond acceptors (Lipinski definition) is 4. The summed E-state index contributed by atoms with van der Waals surface area (Å²) in [6, 6.07) is 15.2. The minimum Gasteiger partial charge on any atom is -0.322 e. The summed E-state index contributed by atoms with van der Waals surface area (Å²) in [5, 5.41) is 5.54. The highest BCUT2D eigenvalue weighted by Crippen LogP contribution is 2.16. The molecule has 3 aromatic rings. The molecular formula is C23H21N3O3. The Morgan fingerprint density at radius 3 is 2.03 bits per heavy atom. The van der Waals surface area contributed by atoms with Gasteiger partial charge in [0, 0.05) is 28.7 Å². The predicted molar refractivity (Wildman–Crippen MR) is 113 cm³/mol. The molecule has 0 saturated heterocycles. The Labute approximate surface area is 169 Å². The van der Waals surface area contributed by atoms with Crippen molar-refractivity contribution in [2.75, 3.05) is 10.6 Å². The third-order valence-corrected chi connectivity index (χ3v) is 4.57. The van der Waals surface area contributed by atoms with E-state index >= 15 is 0 Å². The van der Waals surface area contributed by atoms with Gasteiger partial charge in [0.15, 0.2) is 5.78 Å². The van der Waals surface area contributed by atoms with E-state index in [4.69, 9.17) is 0 Å². The number of rotatable bonds is 5. The number of benzene rings is 2. The number of anilines is 2. The Kier molecular flexibility index (Phi) is 5.83. The summed E-state index contributed by atoms with van der Waals surface area (Å²) in [5.74, 6) is -0.812. The van der Waals surface area contributed by atoms with E-state index in [9.17, 15) is 14.4 Å². The molecule has 0 bridgehead atoms. The molecule has 0 saturated carbocycles. The molecule has 29 heavy (non-hydrogen) atoms. The summed E-state index contributed by atoms with van der Waals surface area (Å²) in [5.41, 5.74) is 4.44. The summed E-state index contributed by atoms with van der Waals surface area (Å²) in [6.45, 7) is 5.45. The van der Waals surface area contributed by atoms with Crippen LogP contribution in [0.3, 0.4) is 0 Å². The molecule has 146 valence electrons. The highest BCUT2D eigenvalue weighted by molar-refractivity contribution is 6.08. The van der Waals surface area contributed by atoms with Crippen molar-refractivity contribution in [3.63, 3.8) is 0 Å². The van der Waals surface area contributed by atoms with Gasteiger partial charge in [-0.15, -0.1) is 0 Å². The van der Waals surface area contributed by atoms with Crippen LogP contribution in [0.1, 0.15) is 49.3 Å². The molecule has 0 aliphatic carbocycles. The van der Waals surface area contributed by atoms with Crippen molar-refractivity contribution in [1.29, 1.82) is 0 Å². The van der Waals surface area contributed by atoms with Gasteiger partial charge in [0.2, 0.25) is 0 Å². The SMILES string of the molecule is CC(=O)c1ccc(NC(=O)c2ccnc(C(=O)Nc3ccc(C)c(C)c3)c2)cc1. The molecular weight excluding hydrogens is 366 g/mol. The van der Waals surface area contributed by atoms with Crippen LogP contribution in [0.15, 0.2) is 60.8 Å². The smallest absolute Gasteiger partial charge is 0.274 e. The Morgan fingerprint density at radius 1 is 0.724 bits per heavy atom. The van der Waals surface area contributed by atoms with E-state index in [1.165, 1.54) is 25.3 Å². The minimum absolute atomic E-state index is 0.0450. The number of nitrogens with zero attached hydrogens (tertiary/aromatic N) is 1. The Balaban J connectivity index is 1.72. The number of ketones is 1. The predicted octanol–water partition coefficient (Wildman–Crippen LogP) is 4.41. The second kappa shape index (κ2) is 8.48. The minimum atomic E-state index is -0.395. The third-order valence-electron chi connectivity index (χ3n) is 4.57. The van der Waals surface area contributed by atoms with Crippen LogP contribution in [0, 0.1) is 13.8 Å². The van der Waals surface area contributed by atoms with E-state index in [0.29, 0.717) is 22.5 Å². The molecule has 2 amide bonds. The van der Waals surface area contributed by atoms with E-state index in [0.717, 1.165) is 11.1 Å². The molecule has 2 N–H and O–H groups in total. The van der Waals surface area contributed by atoms with Gasteiger partial charge in [0.05, 0.1) is 0 Å². The maximum atomic E-state index is 12.5. The molecule has 0 aliphatic rings. The first-order chi connectivity index (χ1) is 13.8. The van der Waals surface area contributed by atoms with E-state index < -0.39 is 5.91 Å². The average Bonchev–Trinajstić information content (AvgIpc) is 2.71. The van der Waals surface area contributed by atoms with Gasteiger partial charge in [-0.25, -0.2) is 0 Å². The molecule has 0 spiro atoms. The third kappa shape index (κ3) is 4.93. The zero-order valence-electron chi connectivity index (χ0n) is 16.4. The first-order valence-electron chi connectivity index (χ1n) is 9.10. The standard InChI is InChI=1S/C23H21N3O3/c1-14-4-7-20(12-15(14)2)26-23(29)21-13-18(10-11-24-21)22(28)25-19-8-5-17(6-9-19)16(3)27/h4-13H,1-3H3,(H,25,28)(H,26,29). The van der Waals surface area contributed by atoms with Crippen molar-refractivity contribution in [2.45, 2.75) is 20.8 Å². The van der Waals surface area contributed by atoms with Crippen LogP contribution in [-0.2, 0) is 0 Å². The van der Waals surface area contributed by atoms with Crippen molar-refractivity contribution >= 4 is 29.0 Å². The molecule has 0 fully saturated rings. The molecule has 0 atom stereocenters. The molecule has 6 heteroatoms. The van der Waals surface area contributed by atoms with Gasteiger partial charge in [0.1, 0.15) is 5.69 Å². The highest BCUT2D eigenvalue weighted by atomic mass is 16.2. The molecule has 0 radical (unpaired) electrons. The van der Waals surface area contributed by atoms with Crippen LogP contribution in [0.25, 0.3) is 0 Å². The zero-order chi connectivity index (χ0) is 21.0. The number of amides is 2. The van der Waals surface area contributed by atoms with Gasteiger partial charge >= 0.3 is 0 Å². The first kappa shape index (κ1) is 19.9. The number of aromatic nitrogens is 1. The lowest BCUT2D eigenvalue weighted by Crippen LogP contribution is -2.17. The zero-order valence-corrected chi connectivity index (χ0v) is 16.4. The Morgan fingerprint density at radius 2 is 1.38 bits per heavy atom. The van der Waals surface area contributed by atoms with Crippen LogP contribution in [-0.4, -0.2) is 22.6 Å². The lowest BCUT2D eigenvalue weighted by molar-refractivity contribution is 0.100. The Bertz CT molecular complexity index is 1090. The number of pyridine rings is 1. The normalized spacial score (nSPS) is 10.3. The summed E-state index contributed by atoms with van der Waals surface area (Å²) < 4.78 is 0. The monoisotopic (exact) mass is 387 g/mol. The largest absolute Gasteiger partial charge is 0.322 e. The van der Waals surface area contributed by atoms with E-state index in [-0.39, 0.29) is 17.4 Å². The number of carbonyl (C=O) groups is 3.